The van der Waals surface area contributed by atoms with Crippen molar-refractivity contribution < 1.29 is 9.53 Å². The molecule has 1 amide bonds. The number of carbonyl (C=O) groups excluding carboxylic acids is 1. The molecule has 7 nitrogen and oxygen atoms in total. The Balaban J connectivity index is 1.81. The number of hydrogen-bond donors (Lipinski definition) is 0. The molecule has 0 aliphatic carbocycles. The molecule has 0 spiro atoms. The number of hydrogen-bond acceptors (Lipinski definition) is 6. The summed E-state index contributed by atoms with van der Waals surface area (Å²) in [6, 6.07) is 15.7. The molecule has 30 heavy (non-hydrogen) atoms. The lowest BCUT2D eigenvalue weighted by molar-refractivity contribution is -0.118. The molecule has 1 aliphatic heterocycles. The van der Waals surface area contributed by atoms with Crippen molar-refractivity contribution in [1.29, 1.82) is 0 Å². The van der Waals surface area contributed by atoms with Crippen molar-refractivity contribution in [3.05, 3.63) is 60.3 Å². The number of fused-ring (bicyclic) bond motifs is 4. The van der Waals surface area contributed by atoms with E-state index < -0.39 is 6.23 Å². The lowest BCUT2D eigenvalue weighted by atomic mass is 10.1. The van der Waals surface area contributed by atoms with E-state index in [9.17, 15) is 4.79 Å². The molecule has 150 valence electrons. The quantitative estimate of drug-likeness (QED) is 0.455. The zero-order chi connectivity index (χ0) is 20.8. The Kier molecular flexibility index (Phi) is 4.43. The number of rotatable bonds is 2. The van der Waals surface area contributed by atoms with Crippen molar-refractivity contribution in [2.45, 2.75) is 18.3 Å². The van der Waals surface area contributed by atoms with Crippen LogP contribution in [0.4, 0.5) is 5.69 Å². The minimum absolute atomic E-state index is 0.133. The van der Waals surface area contributed by atoms with Gasteiger partial charge in [-0.1, -0.05) is 48.2 Å². The number of thioether (sulfide) groups is 1. The lowest BCUT2D eigenvalue weighted by Gasteiger charge is -2.29. The number of carbonyl (C=O) groups is 1. The van der Waals surface area contributed by atoms with Gasteiger partial charge in [0.2, 0.25) is 23.2 Å². The summed E-state index contributed by atoms with van der Waals surface area (Å²) in [6.07, 6.45) is 3.20. The summed E-state index contributed by atoms with van der Waals surface area (Å²) >= 11 is 1.39. The second-order valence-electron chi connectivity index (χ2n) is 7.04. The third-order valence-corrected chi connectivity index (χ3v) is 5.77. The van der Waals surface area contributed by atoms with Gasteiger partial charge >= 0.3 is 0 Å². The van der Waals surface area contributed by atoms with Gasteiger partial charge in [-0.05, 0) is 18.4 Å². The monoisotopic (exact) mass is 417 g/mol. The topological polar surface area (TPSA) is 73.1 Å². The molecule has 0 radical (unpaired) electrons. The Morgan fingerprint density at radius 3 is 2.67 bits per heavy atom. The molecule has 2 aromatic carbocycles. The number of amides is 1. The standard InChI is InChI=1S/C22H19N5O2S/c1-13(28)27-18-11-7-5-9-15(18)19-20(23-22(30-3)25-24-19)29-21(27)16-12-26(2)17-10-6-4-8-14(16)17/h4-12,21H,1-3H3/t21-/m1/s1. The Hall–Kier alpha value is -3.39. The molecule has 8 heteroatoms. The molecule has 1 atom stereocenters. The summed E-state index contributed by atoms with van der Waals surface area (Å²) in [4.78, 5) is 19.1. The van der Waals surface area contributed by atoms with Crippen LogP contribution in [-0.4, -0.2) is 31.9 Å². The summed E-state index contributed by atoms with van der Waals surface area (Å²) in [5, 5.41) is 10.1. The fraction of sp³-hybridized carbons (Fsp3) is 0.182. The highest BCUT2D eigenvalue weighted by molar-refractivity contribution is 7.98. The van der Waals surface area contributed by atoms with Crippen LogP contribution in [0.15, 0.2) is 59.9 Å². The lowest BCUT2D eigenvalue weighted by Crippen LogP contribution is -2.36. The van der Waals surface area contributed by atoms with Crippen LogP contribution in [0.2, 0.25) is 0 Å². The highest BCUT2D eigenvalue weighted by Gasteiger charge is 2.35. The van der Waals surface area contributed by atoms with E-state index >= 15 is 0 Å². The van der Waals surface area contributed by atoms with Gasteiger partial charge in [0, 0.05) is 42.2 Å². The summed E-state index contributed by atoms with van der Waals surface area (Å²) in [5.41, 5.74) is 3.95. The molecule has 0 N–H and O–H groups in total. The highest BCUT2D eigenvalue weighted by atomic mass is 32.2. The summed E-state index contributed by atoms with van der Waals surface area (Å²) < 4.78 is 8.47. The maximum absolute atomic E-state index is 12.9. The number of ether oxygens (including phenoxy) is 1. The smallest absolute Gasteiger partial charge is 0.247 e. The molecule has 0 bridgehead atoms. The van der Waals surface area contributed by atoms with E-state index in [0.29, 0.717) is 16.7 Å². The average Bonchev–Trinajstić information content (AvgIpc) is 3.02. The zero-order valence-electron chi connectivity index (χ0n) is 16.7. The van der Waals surface area contributed by atoms with E-state index in [4.69, 9.17) is 4.74 Å². The van der Waals surface area contributed by atoms with Gasteiger partial charge in [0.15, 0.2) is 5.69 Å². The normalized spacial score (nSPS) is 15.3. The van der Waals surface area contributed by atoms with Crippen LogP contribution in [0.5, 0.6) is 5.88 Å². The van der Waals surface area contributed by atoms with Crippen LogP contribution in [0.25, 0.3) is 22.2 Å². The first-order valence-corrected chi connectivity index (χ1v) is 10.7. The molecule has 2 aromatic heterocycles. The van der Waals surface area contributed by atoms with E-state index in [2.05, 4.69) is 15.2 Å². The molecule has 3 heterocycles. The maximum atomic E-state index is 12.9. The SMILES string of the molecule is CSc1nnc2c(n1)O[C@H](c1cn(C)c3ccccc13)N(C(C)=O)c1ccccc1-2. The largest absolute Gasteiger partial charge is 0.447 e. The molecule has 0 saturated carbocycles. The van der Waals surface area contributed by atoms with E-state index in [1.807, 2.05) is 72.6 Å². The van der Waals surface area contributed by atoms with Gasteiger partial charge in [-0.15, -0.1) is 10.2 Å². The predicted octanol–water partition coefficient (Wildman–Crippen LogP) is 4.20. The molecule has 0 fully saturated rings. The highest BCUT2D eigenvalue weighted by Crippen LogP contribution is 2.44. The van der Waals surface area contributed by atoms with E-state index in [1.54, 1.807) is 11.8 Å². The number of benzene rings is 2. The van der Waals surface area contributed by atoms with E-state index in [0.717, 1.165) is 27.7 Å². The number of para-hydroxylation sites is 2. The average molecular weight is 417 g/mol. The molecule has 1 aliphatic rings. The van der Waals surface area contributed by atoms with Gasteiger partial charge in [0.25, 0.3) is 0 Å². The summed E-state index contributed by atoms with van der Waals surface area (Å²) in [5.74, 6) is 0.231. The first-order chi connectivity index (χ1) is 14.6. The first kappa shape index (κ1) is 18.6. The van der Waals surface area contributed by atoms with Gasteiger partial charge in [-0.2, -0.15) is 4.98 Å². The van der Waals surface area contributed by atoms with Crippen LogP contribution in [0, 0.1) is 0 Å². The van der Waals surface area contributed by atoms with E-state index in [1.165, 1.54) is 11.8 Å². The Bertz CT molecular complexity index is 1290. The molecule has 4 aromatic rings. The van der Waals surface area contributed by atoms with Crippen LogP contribution >= 0.6 is 11.8 Å². The van der Waals surface area contributed by atoms with Crippen LogP contribution in [0.1, 0.15) is 18.7 Å². The predicted molar refractivity (Wildman–Crippen MR) is 116 cm³/mol. The minimum atomic E-state index is -0.692. The van der Waals surface area contributed by atoms with Crippen molar-refractivity contribution in [2.24, 2.45) is 7.05 Å². The number of nitrogens with zero attached hydrogens (tertiary/aromatic N) is 5. The summed E-state index contributed by atoms with van der Waals surface area (Å²) in [7, 11) is 1.98. The van der Waals surface area contributed by atoms with E-state index in [-0.39, 0.29) is 5.91 Å². The van der Waals surface area contributed by atoms with Crippen molar-refractivity contribution >= 4 is 34.3 Å². The van der Waals surface area contributed by atoms with Crippen LogP contribution < -0.4 is 9.64 Å². The fourth-order valence-electron chi connectivity index (χ4n) is 3.91. The molecular weight excluding hydrogens is 398 g/mol. The van der Waals surface area contributed by atoms with Crippen molar-refractivity contribution in [3.63, 3.8) is 0 Å². The third kappa shape index (κ3) is 2.83. The number of anilines is 1. The van der Waals surface area contributed by atoms with Crippen LogP contribution in [-0.2, 0) is 11.8 Å². The molecular formula is C22H19N5O2S. The molecule has 0 saturated heterocycles. The Labute approximate surface area is 177 Å². The number of aromatic nitrogens is 4. The molecule has 0 unspecified atom stereocenters. The van der Waals surface area contributed by atoms with Crippen molar-refractivity contribution in [2.75, 3.05) is 11.2 Å². The maximum Gasteiger partial charge on any atom is 0.247 e. The number of aryl methyl sites for hydroxylation is 1. The zero-order valence-corrected chi connectivity index (χ0v) is 17.6. The minimum Gasteiger partial charge on any atom is -0.447 e. The summed E-state index contributed by atoms with van der Waals surface area (Å²) in [6.45, 7) is 1.54. The van der Waals surface area contributed by atoms with Gasteiger partial charge in [-0.25, -0.2) is 0 Å². The fourth-order valence-corrected chi connectivity index (χ4v) is 4.21. The second kappa shape index (κ2) is 7.14. The second-order valence-corrected chi connectivity index (χ2v) is 7.81. The van der Waals surface area contributed by atoms with Gasteiger partial charge in [0.1, 0.15) is 0 Å². The first-order valence-electron chi connectivity index (χ1n) is 9.47. The van der Waals surface area contributed by atoms with Crippen LogP contribution in [0.3, 0.4) is 0 Å². The van der Waals surface area contributed by atoms with Gasteiger partial charge < -0.3 is 9.30 Å². The Morgan fingerprint density at radius 2 is 1.87 bits per heavy atom. The van der Waals surface area contributed by atoms with Gasteiger partial charge in [0.05, 0.1) is 5.69 Å². The Morgan fingerprint density at radius 1 is 1.10 bits per heavy atom. The van der Waals surface area contributed by atoms with Crippen molar-refractivity contribution in [3.8, 4) is 17.1 Å². The van der Waals surface area contributed by atoms with Crippen molar-refractivity contribution in [1.82, 2.24) is 19.7 Å². The third-order valence-electron chi connectivity index (χ3n) is 5.23. The van der Waals surface area contributed by atoms with Gasteiger partial charge in [-0.3, -0.25) is 9.69 Å². The molecule has 5 rings (SSSR count).